The molecule has 2 aliphatic rings. The summed E-state index contributed by atoms with van der Waals surface area (Å²) in [6.45, 7) is 4.08. The minimum absolute atomic E-state index is 0.148. The second-order valence-electron chi connectivity index (χ2n) is 8.43. The maximum Gasteiger partial charge on any atom is 0.252 e. The van der Waals surface area contributed by atoms with E-state index in [2.05, 4.69) is 31.8 Å². The molecule has 8 heteroatoms. The number of nitrogens with zero attached hydrogens (tertiary/aromatic N) is 5. The van der Waals surface area contributed by atoms with Crippen LogP contribution in [0.4, 0.5) is 0 Å². The van der Waals surface area contributed by atoms with Crippen LogP contribution in [0.3, 0.4) is 0 Å². The maximum absolute atomic E-state index is 12.6. The normalized spacial score (nSPS) is 16.9. The number of amides is 1. The number of hydrogen-bond acceptors (Lipinski definition) is 6. The van der Waals surface area contributed by atoms with Crippen LogP contribution in [-0.2, 0) is 24.0 Å². The van der Waals surface area contributed by atoms with E-state index in [9.17, 15) is 4.79 Å². The van der Waals surface area contributed by atoms with Crippen molar-refractivity contribution in [2.45, 2.75) is 57.9 Å². The molecular formula is C23H28N6O2. The van der Waals surface area contributed by atoms with Gasteiger partial charge in [-0.25, -0.2) is 19.9 Å². The Labute approximate surface area is 181 Å². The average Bonchev–Trinajstić information content (AvgIpc) is 3.23. The summed E-state index contributed by atoms with van der Waals surface area (Å²) in [7, 11) is 0. The number of nitrogens with one attached hydrogen (secondary N) is 1. The van der Waals surface area contributed by atoms with Crippen LogP contribution in [0.5, 0.6) is 0 Å². The molecule has 5 rings (SSSR count). The first-order chi connectivity index (χ1) is 15.2. The SMILES string of the molecule is Cc1nc(CCNC(=O)c2cnc3c(c2)ncn3C2CCOCC2)nc2c1CCCC2. The van der Waals surface area contributed by atoms with E-state index >= 15 is 0 Å². The number of aryl methyl sites for hydroxylation is 2. The lowest BCUT2D eigenvalue weighted by Gasteiger charge is -2.23. The Balaban J connectivity index is 1.23. The fourth-order valence-electron chi connectivity index (χ4n) is 4.62. The predicted octanol–water partition coefficient (Wildman–Crippen LogP) is 2.73. The van der Waals surface area contributed by atoms with Gasteiger partial charge >= 0.3 is 0 Å². The van der Waals surface area contributed by atoms with Gasteiger partial charge < -0.3 is 14.6 Å². The second kappa shape index (κ2) is 8.70. The Morgan fingerprint density at radius 1 is 1.19 bits per heavy atom. The summed E-state index contributed by atoms with van der Waals surface area (Å²) in [5.74, 6) is 0.659. The summed E-state index contributed by atoms with van der Waals surface area (Å²) in [6.07, 6.45) is 10.5. The van der Waals surface area contributed by atoms with Crippen LogP contribution in [0.15, 0.2) is 18.6 Å². The topological polar surface area (TPSA) is 94.8 Å². The molecule has 1 fully saturated rings. The highest BCUT2D eigenvalue weighted by atomic mass is 16.5. The first kappa shape index (κ1) is 20.1. The summed E-state index contributed by atoms with van der Waals surface area (Å²) in [4.78, 5) is 31.0. The standard InChI is InChI=1S/C23H28N6O2/c1-15-18-4-2-3-5-19(18)28-21(27-15)6-9-24-23(30)16-12-20-22(25-13-16)29(14-26-20)17-7-10-31-11-8-17/h12-14,17H,2-11H2,1H3,(H,24,30). The van der Waals surface area contributed by atoms with Crippen LogP contribution in [0.1, 0.15) is 64.9 Å². The van der Waals surface area contributed by atoms with Crippen LogP contribution in [0.2, 0.25) is 0 Å². The van der Waals surface area contributed by atoms with Crippen molar-refractivity contribution in [2.75, 3.05) is 19.8 Å². The minimum Gasteiger partial charge on any atom is -0.381 e. The van der Waals surface area contributed by atoms with E-state index in [1.807, 2.05) is 12.4 Å². The zero-order valence-corrected chi connectivity index (χ0v) is 17.9. The Morgan fingerprint density at radius 3 is 2.90 bits per heavy atom. The largest absolute Gasteiger partial charge is 0.381 e. The fraction of sp³-hybridized carbons (Fsp3) is 0.522. The molecule has 1 N–H and O–H groups in total. The molecule has 0 atom stereocenters. The molecule has 3 aromatic heterocycles. The fourth-order valence-corrected chi connectivity index (χ4v) is 4.62. The molecular weight excluding hydrogens is 392 g/mol. The van der Waals surface area contributed by atoms with Crippen molar-refractivity contribution in [2.24, 2.45) is 0 Å². The first-order valence-electron chi connectivity index (χ1n) is 11.2. The van der Waals surface area contributed by atoms with Crippen LogP contribution >= 0.6 is 0 Å². The van der Waals surface area contributed by atoms with Crippen LogP contribution in [0, 0.1) is 6.92 Å². The lowest BCUT2D eigenvalue weighted by Crippen LogP contribution is -2.26. The molecule has 1 aliphatic heterocycles. The van der Waals surface area contributed by atoms with Gasteiger partial charge in [0.15, 0.2) is 5.65 Å². The van der Waals surface area contributed by atoms with E-state index < -0.39 is 0 Å². The van der Waals surface area contributed by atoms with Crippen molar-refractivity contribution in [1.82, 2.24) is 29.8 Å². The number of hydrogen-bond donors (Lipinski definition) is 1. The van der Waals surface area contributed by atoms with E-state index in [1.54, 1.807) is 6.20 Å². The van der Waals surface area contributed by atoms with Gasteiger partial charge in [0.1, 0.15) is 11.3 Å². The molecule has 0 aromatic carbocycles. The molecule has 3 aromatic rings. The van der Waals surface area contributed by atoms with Gasteiger partial charge in [-0.05, 0) is 57.1 Å². The average molecular weight is 421 g/mol. The lowest BCUT2D eigenvalue weighted by molar-refractivity contribution is 0.0704. The molecule has 1 amide bonds. The highest BCUT2D eigenvalue weighted by Gasteiger charge is 2.19. The third-order valence-electron chi connectivity index (χ3n) is 6.33. The highest BCUT2D eigenvalue weighted by molar-refractivity contribution is 5.96. The van der Waals surface area contributed by atoms with Crippen LogP contribution in [-0.4, -0.2) is 50.2 Å². The van der Waals surface area contributed by atoms with Gasteiger partial charge in [-0.3, -0.25) is 4.79 Å². The second-order valence-corrected chi connectivity index (χ2v) is 8.43. The maximum atomic E-state index is 12.6. The van der Waals surface area contributed by atoms with Gasteiger partial charge in [0.05, 0.1) is 11.9 Å². The van der Waals surface area contributed by atoms with Gasteiger partial charge in [-0.2, -0.15) is 0 Å². The third kappa shape index (κ3) is 4.17. The number of rotatable bonds is 5. The molecule has 8 nitrogen and oxygen atoms in total. The number of ether oxygens (including phenoxy) is 1. The number of carbonyl (C=O) groups excluding carboxylic acids is 1. The van der Waals surface area contributed by atoms with Gasteiger partial charge in [0.25, 0.3) is 5.91 Å². The van der Waals surface area contributed by atoms with Crippen molar-refractivity contribution in [3.05, 3.63) is 46.9 Å². The van der Waals surface area contributed by atoms with Gasteiger partial charge in [0.2, 0.25) is 0 Å². The quantitative estimate of drug-likeness (QED) is 0.682. The summed E-state index contributed by atoms with van der Waals surface area (Å²) in [5.41, 5.74) is 5.68. The summed E-state index contributed by atoms with van der Waals surface area (Å²) in [6, 6.07) is 2.17. The zero-order valence-electron chi connectivity index (χ0n) is 17.9. The summed E-state index contributed by atoms with van der Waals surface area (Å²) < 4.78 is 7.55. The van der Waals surface area contributed by atoms with Crippen molar-refractivity contribution in [3.8, 4) is 0 Å². The van der Waals surface area contributed by atoms with Crippen molar-refractivity contribution in [1.29, 1.82) is 0 Å². The molecule has 0 bridgehead atoms. The lowest BCUT2D eigenvalue weighted by atomic mass is 9.95. The highest BCUT2D eigenvalue weighted by Crippen LogP contribution is 2.25. The Kier molecular flexibility index (Phi) is 5.63. The van der Waals surface area contributed by atoms with E-state index in [0.29, 0.717) is 24.6 Å². The van der Waals surface area contributed by atoms with Gasteiger partial charge in [-0.15, -0.1) is 0 Å². The molecule has 31 heavy (non-hydrogen) atoms. The monoisotopic (exact) mass is 420 g/mol. The van der Waals surface area contributed by atoms with Crippen LogP contribution in [0.25, 0.3) is 11.2 Å². The molecule has 1 aliphatic carbocycles. The number of carbonyl (C=O) groups is 1. The van der Waals surface area contributed by atoms with Crippen molar-refractivity contribution >= 4 is 17.1 Å². The van der Waals surface area contributed by atoms with Gasteiger partial charge in [0, 0.05) is 49.8 Å². The van der Waals surface area contributed by atoms with Crippen LogP contribution < -0.4 is 5.32 Å². The Morgan fingerprint density at radius 2 is 2.03 bits per heavy atom. The smallest absolute Gasteiger partial charge is 0.252 e. The van der Waals surface area contributed by atoms with Crippen molar-refractivity contribution < 1.29 is 9.53 Å². The summed E-state index contributed by atoms with van der Waals surface area (Å²) in [5, 5.41) is 2.97. The Bertz CT molecular complexity index is 1100. The predicted molar refractivity (Wildman–Crippen MR) is 116 cm³/mol. The third-order valence-corrected chi connectivity index (χ3v) is 6.33. The van der Waals surface area contributed by atoms with E-state index in [1.165, 1.54) is 24.1 Å². The van der Waals surface area contributed by atoms with E-state index in [-0.39, 0.29) is 5.91 Å². The zero-order chi connectivity index (χ0) is 21.2. The van der Waals surface area contributed by atoms with E-state index in [4.69, 9.17) is 9.72 Å². The molecule has 0 saturated carbocycles. The van der Waals surface area contributed by atoms with Gasteiger partial charge in [-0.1, -0.05) is 0 Å². The number of aromatic nitrogens is 5. The number of pyridine rings is 1. The molecule has 0 radical (unpaired) electrons. The molecule has 1 saturated heterocycles. The molecule has 162 valence electrons. The van der Waals surface area contributed by atoms with E-state index in [0.717, 1.165) is 61.6 Å². The molecule has 4 heterocycles. The number of imidazole rings is 1. The van der Waals surface area contributed by atoms with Crippen molar-refractivity contribution in [3.63, 3.8) is 0 Å². The summed E-state index contributed by atoms with van der Waals surface area (Å²) >= 11 is 0. The molecule has 0 spiro atoms. The first-order valence-corrected chi connectivity index (χ1v) is 11.2. The molecule has 0 unspecified atom stereocenters. The Hall–Kier alpha value is -2.87. The minimum atomic E-state index is -0.148. The number of fused-ring (bicyclic) bond motifs is 2.